The zero-order chi connectivity index (χ0) is 12.1. The van der Waals surface area contributed by atoms with Gasteiger partial charge in [0.25, 0.3) is 0 Å². The topological polar surface area (TPSA) is 84.1 Å². The molecule has 1 amide bonds. The maximum absolute atomic E-state index is 11.7. The van der Waals surface area contributed by atoms with Gasteiger partial charge in [-0.15, -0.1) is 5.10 Å². The minimum atomic E-state index is -0.122. The molecule has 0 bridgehead atoms. The lowest BCUT2D eigenvalue weighted by Gasteiger charge is -2.16. The van der Waals surface area contributed by atoms with E-state index in [2.05, 4.69) is 15.5 Å². The summed E-state index contributed by atoms with van der Waals surface area (Å²) in [6, 6.07) is 0. The normalized spacial score (nSPS) is 10.8. The third-order valence-corrected chi connectivity index (χ3v) is 2.22. The summed E-state index contributed by atoms with van der Waals surface area (Å²) in [6.07, 6.45) is 0. The number of aliphatic hydroxyl groups excluding tert-OH is 1. The van der Waals surface area contributed by atoms with Gasteiger partial charge < -0.3 is 10.0 Å². The van der Waals surface area contributed by atoms with Crippen molar-refractivity contribution >= 4 is 5.91 Å². The fraction of sp³-hybridized carbons (Fsp3) is 0.778. The molecule has 0 unspecified atom stereocenters. The largest absolute Gasteiger partial charge is 0.395 e. The first-order valence-corrected chi connectivity index (χ1v) is 5.17. The Hall–Kier alpha value is -1.50. The second-order valence-corrected chi connectivity index (χ2v) is 3.89. The minimum Gasteiger partial charge on any atom is -0.395 e. The number of hydrogen-bond donors (Lipinski definition) is 1. The van der Waals surface area contributed by atoms with Gasteiger partial charge in [-0.25, -0.2) is 4.68 Å². The van der Waals surface area contributed by atoms with Crippen molar-refractivity contribution in [1.82, 2.24) is 25.1 Å². The van der Waals surface area contributed by atoms with E-state index in [0.717, 1.165) is 0 Å². The molecule has 0 aliphatic rings. The molecule has 1 rings (SSSR count). The molecule has 0 saturated heterocycles. The number of nitrogens with zero attached hydrogens (tertiary/aromatic N) is 5. The van der Waals surface area contributed by atoms with Crippen molar-refractivity contribution in [2.45, 2.75) is 26.3 Å². The Kier molecular flexibility index (Phi) is 4.36. The number of tetrazole rings is 1. The van der Waals surface area contributed by atoms with Crippen LogP contribution in [0.25, 0.3) is 0 Å². The van der Waals surface area contributed by atoms with Crippen molar-refractivity contribution in [3.8, 4) is 0 Å². The molecule has 7 nitrogen and oxygen atoms in total. The lowest BCUT2D eigenvalue weighted by Crippen LogP contribution is -2.33. The Morgan fingerprint density at radius 1 is 1.56 bits per heavy atom. The molecule has 1 heterocycles. The van der Waals surface area contributed by atoms with Crippen molar-refractivity contribution in [2.75, 3.05) is 20.2 Å². The summed E-state index contributed by atoms with van der Waals surface area (Å²) in [5, 5.41) is 19.9. The highest BCUT2D eigenvalue weighted by Crippen LogP contribution is 2.08. The highest BCUT2D eigenvalue weighted by molar-refractivity contribution is 5.75. The number of rotatable bonds is 5. The van der Waals surface area contributed by atoms with Crippen molar-refractivity contribution in [2.24, 2.45) is 0 Å². The van der Waals surface area contributed by atoms with E-state index in [1.54, 1.807) is 7.05 Å². The molecule has 0 spiro atoms. The fourth-order valence-corrected chi connectivity index (χ4v) is 1.26. The van der Waals surface area contributed by atoms with Crippen LogP contribution in [0.1, 0.15) is 25.6 Å². The summed E-state index contributed by atoms with van der Waals surface area (Å²) < 4.78 is 1.49. The summed E-state index contributed by atoms with van der Waals surface area (Å²) >= 11 is 0. The highest BCUT2D eigenvalue weighted by Gasteiger charge is 2.15. The third-order valence-electron chi connectivity index (χ3n) is 2.22. The summed E-state index contributed by atoms with van der Waals surface area (Å²) in [5.74, 6) is 0.736. The lowest BCUT2D eigenvalue weighted by molar-refractivity contribution is -0.131. The molecule has 0 saturated carbocycles. The number of aromatic nitrogens is 4. The van der Waals surface area contributed by atoms with Gasteiger partial charge in [-0.3, -0.25) is 4.79 Å². The van der Waals surface area contributed by atoms with Gasteiger partial charge in [0.05, 0.1) is 6.61 Å². The lowest BCUT2D eigenvalue weighted by atomic mass is 10.2. The zero-order valence-electron chi connectivity index (χ0n) is 9.79. The van der Waals surface area contributed by atoms with Crippen LogP contribution >= 0.6 is 0 Å². The van der Waals surface area contributed by atoms with Crippen LogP contribution in [-0.2, 0) is 11.3 Å². The van der Waals surface area contributed by atoms with Gasteiger partial charge in [0, 0.05) is 19.5 Å². The van der Waals surface area contributed by atoms with Gasteiger partial charge in [-0.1, -0.05) is 13.8 Å². The Labute approximate surface area is 94.0 Å². The number of aliphatic hydroxyl groups is 1. The van der Waals surface area contributed by atoms with Crippen LogP contribution in [0.3, 0.4) is 0 Å². The molecule has 0 aliphatic carbocycles. The molecule has 0 atom stereocenters. The number of likely N-dealkylation sites (N-methyl/N-ethyl adjacent to an activating group) is 1. The Bertz CT molecular complexity index is 349. The van der Waals surface area contributed by atoms with E-state index in [0.29, 0.717) is 12.4 Å². The summed E-state index contributed by atoms with van der Waals surface area (Å²) in [5.41, 5.74) is 0. The van der Waals surface area contributed by atoms with Crippen LogP contribution in [-0.4, -0.2) is 56.3 Å². The standard InChI is InChI=1S/C9H17N5O2/c1-7(2)9-10-11-12-14(9)6-8(16)13(3)4-5-15/h7,15H,4-6H2,1-3H3. The average Bonchev–Trinajstić information content (AvgIpc) is 2.66. The SMILES string of the molecule is CC(C)c1nnnn1CC(=O)N(C)CCO. The maximum Gasteiger partial charge on any atom is 0.244 e. The van der Waals surface area contributed by atoms with Crippen LogP contribution in [0.15, 0.2) is 0 Å². The molecule has 90 valence electrons. The van der Waals surface area contributed by atoms with Crippen LogP contribution in [0.5, 0.6) is 0 Å². The molecule has 0 radical (unpaired) electrons. The van der Waals surface area contributed by atoms with Crippen LogP contribution in [0, 0.1) is 0 Å². The Morgan fingerprint density at radius 2 is 2.25 bits per heavy atom. The highest BCUT2D eigenvalue weighted by atomic mass is 16.3. The van der Waals surface area contributed by atoms with Gasteiger partial charge in [0.2, 0.25) is 5.91 Å². The molecular weight excluding hydrogens is 210 g/mol. The molecule has 1 N–H and O–H groups in total. The molecule has 0 fully saturated rings. The third kappa shape index (κ3) is 2.99. The van der Waals surface area contributed by atoms with Crippen molar-refractivity contribution in [1.29, 1.82) is 0 Å². The van der Waals surface area contributed by atoms with Crippen molar-refractivity contribution < 1.29 is 9.90 Å². The van der Waals surface area contributed by atoms with E-state index < -0.39 is 0 Å². The molecular formula is C9H17N5O2. The number of hydrogen-bond acceptors (Lipinski definition) is 5. The van der Waals surface area contributed by atoms with E-state index in [1.807, 2.05) is 13.8 Å². The smallest absolute Gasteiger partial charge is 0.244 e. The second kappa shape index (κ2) is 5.55. The van der Waals surface area contributed by atoms with Gasteiger partial charge in [-0.05, 0) is 10.4 Å². The number of carbonyl (C=O) groups excluding carboxylic acids is 1. The van der Waals surface area contributed by atoms with E-state index in [4.69, 9.17) is 5.11 Å². The minimum absolute atomic E-state index is 0.0467. The quantitative estimate of drug-likeness (QED) is 0.715. The van der Waals surface area contributed by atoms with Gasteiger partial charge >= 0.3 is 0 Å². The second-order valence-electron chi connectivity index (χ2n) is 3.89. The monoisotopic (exact) mass is 227 g/mol. The van der Waals surface area contributed by atoms with Gasteiger partial charge in [0.1, 0.15) is 6.54 Å². The summed E-state index contributed by atoms with van der Waals surface area (Å²) in [6.45, 7) is 4.30. The first-order chi connectivity index (χ1) is 7.56. The average molecular weight is 227 g/mol. The predicted molar refractivity (Wildman–Crippen MR) is 56.6 cm³/mol. The van der Waals surface area contributed by atoms with Crippen molar-refractivity contribution in [3.63, 3.8) is 0 Å². The van der Waals surface area contributed by atoms with E-state index in [1.165, 1.54) is 9.58 Å². The van der Waals surface area contributed by atoms with Crippen LogP contribution in [0.4, 0.5) is 0 Å². The molecule has 0 aliphatic heterocycles. The molecule has 16 heavy (non-hydrogen) atoms. The predicted octanol–water partition coefficient (Wildman–Crippen LogP) is -0.753. The zero-order valence-corrected chi connectivity index (χ0v) is 9.79. The van der Waals surface area contributed by atoms with Crippen LogP contribution < -0.4 is 0 Å². The molecule has 0 aromatic carbocycles. The van der Waals surface area contributed by atoms with Crippen molar-refractivity contribution in [3.05, 3.63) is 5.82 Å². The molecule has 7 heteroatoms. The summed E-state index contributed by atoms with van der Waals surface area (Å²) in [4.78, 5) is 13.1. The van der Waals surface area contributed by atoms with Gasteiger partial charge in [0.15, 0.2) is 5.82 Å². The van der Waals surface area contributed by atoms with E-state index in [-0.39, 0.29) is 25.0 Å². The van der Waals surface area contributed by atoms with E-state index in [9.17, 15) is 4.79 Å². The van der Waals surface area contributed by atoms with Gasteiger partial charge in [-0.2, -0.15) is 0 Å². The number of amides is 1. The first kappa shape index (κ1) is 12.6. The van der Waals surface area contributed by atoms with E-state index >= 15 is 0 Å². The summed E-state index contributed by atoms with van der Waals surface area (Å²) in [7, 11) is 1.64. The van der Waals surface area contributed by atoms with Crippen LogP contribution in [0.2, 0.25) is 0 Å². The first-order valence-electron chi connectivity index (χ1n) is 5.17. The molecule has 1 aromatic rings. The fourth-order valence-electron chi connectivity index (χ4n) is 1.26. The molecule has 1 aromatic heterocycles. The maximum atomic E-state index is 11.7. The Morgan fingerprint density at radius 3 is 2.81 bits per heavy atom. The number of carbonyl (C=O) groups is 1. The Balaban J connectivity index is 2.66.